The van der Waals surface area contributed by atoms with E-state index in [1.165, 1.54) is 12.3 Å². The van der Waals surface area contributed by atoms with E-state index in [4.69, 9.17) is 5.73 Å². The summed E-state index contributed by atoms with van der Waals surface area (Å²) in [5.74, 6) is -4.27. The summed E-state index contributed by atoms with van der Waals surface area (Å²) in [6.07, 6.45) is 0.257. The lowest BCUT2D eigenvalue weighted by atomic mass is 9.97. The van der Waals surface area contributed by atoms with Gasteiger partial charge in [0.05, 0.1) is 5.92 Å². The highest BCUT2D eigenvalue weighted by Crippen LogP contribution is 2.19. The number of hydrogen-bond acceptors (Lipinski definition) is 5. The Bertz CT molecular complexity index is 859. The number of carbonyl (C=O) groups is 2. The normalized spacial score (nSPS) is 13.0. The minimum atomic E-state index is -1.25. The van der Waals surface area contributed by atoms with Gasteiger partial charge in [0, 0.05) is 19.3 Å². The molecule has 0 aliphatic carbocycles. The molecule has 0 saturated carbocycles. The molecule has 0 unspecified atom stereocenters. The van der Waals surface area contributed by atoms with Crippen LogP contribution in [0.25, 0.3) is 0 Å². The summed E-state index contributed by atoms with van der Waals surface area (Å²) in [5.41, 5.74) is 6.40. The summed E-state index contributed by atoms with van der Waals surface area (Å²) in [6.45, 7) is 3.28. The first-order chi connectivity index (χ1) is 13.7. The lowest BCUT2D eigenvalue weighted by Gasteiger charge is -2.20. The molecule has 7 nitrogen and oxygen atoms in total. The van der Waals surface area contributed by atoms with Crippen LogP contribution in [0.15, 0.2) is 36.5 Å². The molecule has 0 saturated heterocycles. The molecular weight excluding hydrogens is 382 g/mol. The highest BCUT2D eigenvalue weighted by molar-refractivity contribution is 5.86. The maximum Gasteiger partial charge on any atom is 0.249 e. The number of nitrogens with zero attached hydrogens (tertiary/aromatic N) is 1. The zero-order valence-electron chi connectivity index (χ0n) is 16.2. The third-order valence-corrected chi connectivity index (χ3v) is 4.36. The molecule has 5 N–H and O–H groups in total. The van der Waals surface area contributed by atoms with Gasteiger partial charge in [0.15, 0.2) is 11.6 Å². The minimum absolute atomic E-state index is 0.134. The molecule has 2 aromatic rings. The monoisotopic (exact) mass is 406 g/mol. The quantitative estimate of drug-likeness (QED) is 0.530. The Kier molecular flexibility index (Phi) is 7.60. The second kappa shape index (κ2) is 9.92. The Morgan fingerprint density at radius 2 is 1.83 bits per heavy atom. The minimum Gasteiger partial charge on any atom is -0.384 e. The number of amides is 2. The van der Waals surface area contributed by atoms with Crippen LogP contribution in [0.2, 0.25) is 0 Å². The molecule has 0 aliphatic heterocycles. The standard InChI is InChI=1S/C20H24F2N4O3/c1-11(2)18(27)20(29)26-10-14(13-4-5-15(21)16(22)7-13)19(28)25-9-12-3-6-17(23)24-8-12/h3-8,11,14,18,27H,9-10H2,1-2H3,(H2,23,24)(H,25,28)(H,26,29)/t14-,18-/m0/s1. The Labute approximate surface area is 167 Å². The molecule has 2 rings (SSSR count). The van der Waals surface area contributed by atoms with Gasteiger partial charge in [0.1, 0.15) is 11.9 Å². The lowest BCUT2D eigenvalue weighted by Crippen LogP contribution is -2.42. The molecule has 1 heterocycles. The molecule has 1 aromatic heterocycles. The molecule has 0 fully saturated rings. The third kappa shape index (κ3) is 6.21. The molecular formula is C20H24F2N4O3. The summed E-state index contributed by atoms with van der Waals surface area (Å²) in [7, 11) is 0. The van der Waals surface area contributed by atoms with Crippen molar-refractivity contribution in [2.75, 3.05) is 12.3 Å². The number of nitrogens with two attached hydrogens (primary N) is 1. The van der Waals surface area contributed by atoms with E-state index in [1.54, 1.807) is 26.0 Å². The van der Waals surface area contributed by atoms with Crippen molar-refractivity contribution < 1.29 is 23.5 Å². The predicted octanol–water partition coefficient (Wildman–Crippen LogP) is 1.48. The van der Waals surface area contributed by atoms with Gasteiger partial charge in [-0.25, -0.2) is 13.8 Å². The summed E-state index contributed by atoms with van der Waals surface area (Å²) in [6, 6.07) is 6.38. The number of benzene rings is 1. The smallest absolute Gasteiger partial charge is 0.249 e. The van der Waals surface area contributed by atoms with Crippen molar-refractivity contribution in [2.24, 2.45) is 5.92 Å². The van der Waals surface area contributed by atoms with E-state index in [2.05, 4.69) is 15.6 Å². The van der Waals surface area contributed by atoms with E-state index in [-0.39, 0.29) is 24.6 Å². The lowest BCUT2D eigenvalue weighted by molar-refractivity contribution is -0.131. The number of nitrogen functional groups attached to an aromatic ring is 1. The first kappa shape index (κ1) is 22.2. The van der Waals surface area contributed by atoms with Gasteiger partial charge >= 0.3 is 0 Å². The van der Waals surface area contributed by atoms with E-state index in [0.717, 1.165) is 12.1 Å². The Hall–Kier alpha value is -3.07. The average molecular weight is 406 g/mol. The largest absolute Gasteiger partial charge is 0.384 e. The van der Waals surface area contributed by atoms with Crippen LogP contribution in [0.4, 0.5) is 14.6 Å². The van der Waals surface area contributed by atoms with Crippen molar-refractivity contribution in [2.45, 2.75) is 32.4 Å². The van der Waals surface area contributed by atoms with Crippen molar-refractivity contribution >= 4 is 17.6 Å². The van der Waals surface area contributed by atoms with Gasteiger partial charge in [-0.05, 0) is 35.2 Å². The van der Waals surface area contributed by atoms with Gasteiger partial charge in [0.2, 0.25) is 11.8 Å². The van der Waals surface area contributed by atoms with Gasteiger partial charge in [-0.1, -0.05) is 26.0 Å². The number of halogens is 2. The molecule has 2 atom stereocenters. The zero-order chi connectivity index (χ0) is 21.6. The van der Waals surface area contributed by atoms with Crippen molar-refractivity contribution in [3.8, 4) is 0 Å². The Morgan fingerprint density at radius 3 is 2.41 bits per heavy atom. The van der Waals surface area contributed by atoms with Crippen molar-refractivity contribution in [3.05, 3.63) is 59.3 Å². The molecule has 1 aromatic carbocycles. The number of aromatic nitrogens is 1. The summed E-state index contributed by atoms with van der Waals surface area (Å²) in [5, 5.41) is 15.0. The van der Waals surface area contributed by atoms with E-state index in [0.29, 0.717) is 11.4 Å². The van der Waals surface area contributed by atoms with Crippen molar-refractivity contribution in [3.63, 3.8) is 0 Å². The maximum absolute atomic E-state index is 13.7. The molecule has 0 radical (unpaired) electrons. The fraction of sp³-hybridized carbons (Fsp3) is 0.350. The first-order valence-corrected chi connectivity index (χ1v) is 9.08. The van der Waals surface area contributed by atoms with Crippen LogP contribution in [0.3, 0.4) is 0 Å². The average Bonchev–Trinajstić information content (AvgIpc) is 2.69. The Morgan fingerprint density at radius 1 is 1.10 bits per heavy atom. The number of aliphatic hydroxyl groups excluding tert-OH is 1. The first-order valence-electron chi connectivity index (χ1n) is 9.08. The van der Waals surface area contributed by atoms with E-state index in [1.807, 2.05) is 0 Å². The van der Waals surface area contributed by atoms with Gasteiger partial charge in [-0.2, -0.15) is 0 Å². The number of pyridine rings is 1. The highest BCUT2D eigenvalue weighted by atomic mass is 19.2. The van der Waals surface area contributed by atoms with Gasteiger partial charge in [-0.15, -0.1) is 0 Å². The SMILES string of the molecule is CC(C)[C@H](O)C(=O)NC[C@H](C(=O)NCc1ccc(N)nc1)c1ccc(F)c(F)c1. The van der Waals surface area contributed by atoms with Crippen LogP contribution in [0.1, 0.15) is 30.9 Å². The van der Waals surface area contributed by atoms with E-state index >= 15 is 0 Å². The van der Waals surface area contributed by atoms with Crippen LogP contribution in [-0.2, 0) is 16.1 Å². The second-order valence-corrected chi connectivity index (χ2v) is 6.97. The molecule has 29 heavy (non-hydrogen) atoms. The van der Waals surface area contributed by atoms with E-state index < -0.39 is 35.5 Å². The van der Waals surface area contributed by atoms with Crippen LogP contribution in [-0.4, -0.2) is 34.6 Å². The van der Waals surface area contributed by atoms with Gasteiger partial charge < -0.3 is 21.5 Å². The van der Waals surface area contributed by atoms with Crippen molar-refractivity contribution in [1.82, 2.24) is 15.6 Å². The fourth-order valence-corrected chi connectivity index (χ4v) is 2.55. The molecule has 156 valence electrons. The molecule has 0 bridgehead atoms. The molecule has 0 aliphatic rings. The fourth-order valence-electron chi connectivity index (χ4n) is 2.55. The number of nitrogens with one attached hydrogen (secondary N) is 2. The van der Waals surface area contributed by atoms with Gasteiger partial charge in [-0.3, -0.25) is 9.59 Å². The number of carbonyl (C=O) groups excluding carboxylic acids is 2. The van der Waals surface area contributed by atoms with Crippen LogP contribution >= 0.6 is 0 Å². The Balaban J connectivity index is 2.14. The predicted molar refractivity (Wildman–Crippen MR) is 103 cm³/mol. The summed E-state index contributed by atoms with van der Waals surface area (Å²) < 4.78 is 26.9. The molecule has 9 heteroatoms. The molecule has 2 amide bonds. The summed E-state index contributed by atoms with van der Waals surface area (Å²) >= 11 is 0. The topological polar surface area (TPSA) is 117 Å². The number of anilines is 1. The number of hydrogen-bond donors (Lipinski definition) is 4. The van der Waals surface area contributed by atoms with Crippen molar-refractivity contribution in [1.29, 1.82) is 0 Å². The zero-order valence-corrected chi connectivity index (χ0v) is 16.2. The summed E-state index contributed by atoms with van der Waals surface area (Å²) in [4.78, 5) is 28.7. The maximum atomic E-state index is 13.7. The van der Waals surface area contributed by atoms with Crippen LogP contribution in [0.5, 0.6) is 0 Å². The third-order valence-electron chi connectivity index (χ3n) is 4.36. The van der Waals surface area contributed by atoms with Gasteiger partial charge in [0.25, 0.3) is 0 Å². The highest BCUT2D eigenvalue weighted by Gasteiger charge is 2.25. The van der Waals surface area contributed by atoms with Crippen LogP contribution < -0.4 is 16.4 Å². The number of aliphatic hydroxyl groups is 1. The molecule has 0 spiro atoms. The van der Waals surface area contributed by atoms with E-state index in [9.17, 15) is 23.5 Å². The second-order valence-electron chi connectivity index (χ2n) is 6.97. The van der Waals surface area contributed by atoms with Crippen LogP contribution in [0, 0.1) is 17.6 Å². The number of rotatable bonds is 8.